The molecule has 0 atom stereocenters. The van der Waals surface area contributed by atoms with Gasteiger partial charge in [-0.1, -0.05) is 18.2 Å². The van der Waals surface area contributed by atoms with Crippen LogP contribution in [0.2, 0.25) is 0 Å². The lowest BCUT2D eigenvalue weighted by molar-refractivity contribution is -0.137. The van der Waals surface area contributed by atoms with E-state index in [0.29, 0.717) is 11.8 Å². The number of fused-ring (bicyclic) bond motifs is 1. The number of anilines is 1. The molecule has 4 aromatic rings. The van der Waals surface area contributed by atoms with Gasteiger partial charge in [0.2, 0.25) is 5.69 Å². The average molecular weight is 473 g/mol. The molecule has 10 nitrogen and oxygen atoms in total. The van der Waals surface area contributed by atoms with Gasteiger partial charge in [-0.3, -0.25) is 10.1 Å². The first-order valence-corrected chi connectivity index (χ1v) is 9.52. The number of benzene rings is 2. The van der Waals surface area contributed by atoms with Gasteiger partial charge in [0.15, 0.2) is 0 Å². The number of rotatable bonds is 5. The molecule has 2 heterocycles. The zero-order valence-corrected chi connectivity index (χ0v) is 17.0. The number of carbonyl (C=O) groups excluding carboxylic acids is 1. The summed E-state index contributed by atoms with van der Waals surface area (Å²) in [6.45, 7) is -0.324. The first kappa shape index (κ1) is 22.5. The van der Waals surface area contributed by atoms with Crippen LogP contribution in [0, 0.1) is 0 Å². The number of aromatic nitrogens is 4. The van der Waals surface area contributed by atoms with Gasteiger partial charge in [-0.05, 0) is 24.3 Å². The third-order valence-corrected chi connectivity index (χ3v) is 4.60. The molecule has 2 aromatic heterocycles. The molecule has 0 radical (unpaired) electrons. The average Bonchev–Trinajstić information content (AvgIpc) is 3.25. The van der Waals surface area contributed by atoms with Gasteiger partial charge in [0, 0.05) is 11.9 Å². The molecule has 0 spiro atoms. The van der Waals surface area contributed by atoms with Gasteiger partial charge in [0.05, 0.1) is 34.3 Å². The van der Waals surface area contributed by atoms with E-state index in [-0.39, 0.29) is 23.3 Å². The first-order chi connectivity index (χ1) is 16.1. The van der Waals surface area contributed by atoms with E-state index < -0.39 is 40.7 Å². The molecule has 1 amide bonds. The third kappa shape index (κ3) is 4.72. The van der Waals surface area contributed by atoms with E-state index >= 15 is 0 Å². The van der Waals surface area contributed by atoms with Crippen molar-refractivity contribution in [1.29, 1.82) is 0 Å². The Hall–Kier alpha value is -4.68. The topological polar surface area (TPSA) is 139 Å². The number of carboxylic acids is 1. The summed E-state index contributed by atoms with van der Waals surface area (Å²) in [6, 6.07) is 10.1. The fourth-order valence-electron chi connectivity index (χ4n) is 3.09. The molecule has 0 unspecified atom stereocenters. The second kappa shape index (κ2) is 8.69. The maximum Gasteiger partial charge on any atom is 0.418 e. The highest BCUT2D eigenvalue weighted by Crippen LogP contribution is 2.35. The number of alkyl halides is 3. The van der Waals surface area contributed by atoms with Crippen molar-refractivity contribution in [2.45, 2.75) is 12.8 Å². The largest absolute Gasteiger partial charge is 0.476 e. The minimum Gasteiger partial charge on any atom is -0.476 e. The van der Waals surface area contributed by atoms with E-state index in [1.807, 2.05) is 0 Å². The van der Waals surface area contributed by atoms with Gasteiger partial charge < -0.3 is 19.4 Å². The predicted molar refractivity (Wildman–Crippen MR) is 112 cm³/mol. The van der Waals surface area contributed by atoms with Crippen LogP contribution in [0.4, 0.5) is 23.7 Å². The first-order valence-electron chi connectivity index (χ1n) is 9.52. The molecule has 13 heteroatoms. The Bertz CT molecular complexity index is 1450. The van der Waals surface area contributed by atoms with E-state index in [4.69, 9.17) is 9.84 Å². The summed E-state index contributed by atoms with van der Waals surface area (Å²) in [7, 11) is 0. The van der Waals surface area contributed by atoms with Crippen molar-refractivity contribution in [3.63, 3.8) is 0 Å². The van der Waals surface area contributed by atoms with E-state index in [1.165, 1.54) is 6.20 Å². The molecule has 0 saturated heterocycles. The van der Waals surface area contributed by atoms with Crippen molar-refractivity contribution >= 4 is 28.8 Å². The van der Waals surface area contributed by atoms with Crippen LogP contribution in [-0.2, 0) is 17.5 Å². The number of H-pyrrole nitrogens is 1. The summed E-state index contributed by atoms with van der Waals surface area (Å²) in [5, 5.41) is 11.6. The Morgan fingerprint density at radius 1 is 1.18 bits per heavy atom. The van der Waals surface area contributed by atoms with Gasteiger partial charge in [0.1, 0.15) is 6.61 Å². The fraction of sp³-hybridized carbons (Fsp3) is 0.0952. The molecular weight excluding hydrogens is 459 g/mol. The maximum atomic E-state index is 13.7. The number of ether oxygens (including phenoxy) is 1. The highest BCUT2D eigenvalue weighted by molar-refractivity contribution is 5.88. The van der Waals surface area contributed by atoms with Crippen molar-refractivity contribution in [3.05, 3.63) is 82.3 Å². The van der Waals surface area contributed by atoms with Crippen molar-refractivity contribution in [1.82, 2.24) is 19.5 Å². The lowest BCUT2D eigenvalue weighted by Crippen LogP contribution is -2.20. The molecule has 0 fully saturated rings. The lowest BCUT2D eigenvalue weighted by atomic mass is 10.1. The predicted octanol–water partition coefficient (Wildman–Crippen LogP) is 3.57. The van der Waals surface area contributed by atoms with E-state index in [1.54, 1.807) is 30.3 Å². The molecule has 34 heavy (non-hydrogen) atoms. The summed E-state index contributed by atoms with van der Waals surface area (Å²) < 4.78 is 47.2. The van der Waals surface area contributed by atoms with Crippen molar-refractivity contribution in [3.8, 4) is 5.69 Å². The molecule has 0 bridgehead atoms. The number of para-hydroxylation sites is 1. The molecule has 0 aliphatic rings. The minimum atomic E-state index is -4.82. The SMILES string of the molecule is O=C(Nc1ccccc1)OCc1cn(-c2cc3nc(C(=O)O)c(=O)[nH]c3cc2C(F)(F)F)cn1. The number of carboxylic acid groups (broad SMARTS) is 1. The van der Waals surface area contributed by atoms with Gasteiger partial charge in [-0.15, -0.1) is 0 Å². The van der Waals surface area contributed by atoms with Crippen LogP contribution in [0.5, 0.6) is 0 Å². The van der Waals surface area contributed by atoms with E-state index in [2.05, 4.69) is 20.3 Å². The molecular formula is C21H14F3N5O5. The van der Waals surface area contributed by atoms with E-state index in [0.717, 1.165) is 17.0 Å². The number of nitrogens with one attached hydrogen (secondary N) is 2. The van der Waals surface area contributed by atoms with Gasteiger partial charge >= 0.3 is 18.2 Å². The summed E-state index contributed by atoms with van der Waals surface area (Å²) in [6.07, 6.45) is -3.30. The minimum absolute atomic E-state index is 0.150. The monoisotopic (exact) mass is 473 g/mol. The number of hydrogen-bond donors (Lipinski definition) is 3. The highest BCUT2D eigenvalue weighted by atomic mass is 19.4. The van der Waals surface area contributed by atoms with E-state index in [9.17, 15) is 27.6 Å². The summed E-state index contributed by atoms with van der Waals surface area (Å²) in [5.41, 5.74) is -3.33. The fourth-order valence-corrected chi connectivity index (χ4v) is 3.09. The number of aromatic amines is 1. The Balaban J connectivity index is 1.63. The molecule has 2 aromatic carbocycles. The van der Waals surface area contributed by atoms with Gasteiger partial charge in [-0.25, -0.2) is 19.6 Å². The lowest BCUT2D eigenvalue weighted by Gasteiger charge is -2.14. The number of carbonyl (C=O) groups is 2. The number of aromatic carboxylic acids is 1. The number of imidazole rings is 1. The normalized spacial score (nSPS) is 11.4. The number of hydrogen-bond acceptors (Lipinski definition) is 6. The quantitative estimate of drug-likeness (QED) is 0.403. The van der Waals surface area contributed by atoms with Crippen LogP contribution in [-0.4, -0.2) is 36.7 Å². The summed E-state index contributed by atoms with van der Waals surface area (Å²) in [5.74, 6) is -1.62. The Kier molecular flexibility index (Phi) is 5.75. The van der Waals surface area contributed by atoms with Crippen molar-refractivity contribution in [2.24, 2.45) is 0 Å². The third-order valence-electron chi connectivity index (χ3n) is 4.60. The summed E-state index contributed by atoms with van der Waals surface area (Å²) in [4.78, 5) is 44.6. The molecule has 0 aliphatic carbocycles. The Morgan fingerprint density at radius 3 is 2.59 bits per heavy atom. The number of nitrogens with zero attached hydrogens (tertiary/aromatic N) is 3. The molecule has 0 aliphatic heterocycles. The Labute approximate surface area is 187 Å². The molecule has 0 saturated carbocycles. The van der Waals surface area contributed by atoms with Gasteiger partial charge in [-0.2, -0.15) is 13.2 Å². The zero-order chi connectivity index (χ0) is 24.5. The molecule has 4 rings (SSSR count). The second-order valence-electron chi connectivity index (χ2n) is 6.94. The van der Waals surface area contributed by atoms with Crippen LogP contribution in [0.25, 0.3) is 16.7 Å². The highest BCUT2D eigenvalue weighted by Gasteiger charge is 2.35. The number of amides is 1. The Morgan fingerprint density at radius 2 is 1.91 bits per heavy atom. The van der Waals surface area contributed by atoms with Crippen LogP contribution >= 0.6 is 0 Å². The van der Waals surface area contributed by atoms with Crippen LogP contribution in [0.1, 0.15) is 21.7 Å². The second-order valence-corrected chi connectivity index (χ2v) is 6.94. The van der Waals surface area contributed by atoms with Gasteiger partial charge in [0.25, 0.3) is 5.56 Å². The van der Waals surface area contributed by atoms with Crippen LogP contribution < -0.4 is 10.9 Å². The molecule has 3 N–H and O–H groups in total. The standard InChI is InChI=1S/C21H14F3N5O5/c22-21(23,24)13-6-14-15(27-17(19(31)32)18(30)28-14)7-16(13)29-8-12(25-10-29)9-34-20(33)26-11-4-2-1-3-5-11/h1-8,10H,9H2,(H,26,33)(H,28,30)(H,31,32). The van der Waals surface area contributed by atoms with Crippen molar-refractivity contribution in [2.75, 3.05) is 5.32 Å². The maximum absolute atomic E-state index is 13.7. The molecule has 174 valence electrons. The van der Waals surface area contributed by atoms with Crippen molar-refractivity contribution < 1.29 is 32.6 Å². The zero-order valence-electron chi connectivity index (χ0n) is 17.0. The smallest absolute Gasteiger partial charge is 0.418 e. The summed E-state index contributed by atoms with van der Waals surface area (Å²) >= 11 is 0. The van der Waals surface area contributed by atoms with Crippen LogP contribution in [0.15, 0.2) is 59.8 Å². The van der Waals surface area contributed by atoms with Crippen LogP contribution in [0.3, 0.4) is 0 Å². The number of halogens is 3.